The van der Waals surface area contributed by atoms with Gasteiger partial charge in [-0.25, -0.2) is 0 Å². The standard InChI is InChI=1S/C28H25NO.C18H25NSi.C15H17N.Ir/c1-28(2,3)18-19-15-16-29-24(17-19)22-12-7-13-23-26-21(20-9-5-4-6-10-20)11-8-14-25(26)30-27(22)23;1-14(2)11-16-12-17(15-9-7-6-8-10-15)19-13-18(16)20(3,4)5;1-12(2)10-13-8-9-16-15(11-13)14-6-4-3-5-7-14;/h4-17H,18H2,1-3H3;6-10,12-14H,11H2,1-5H3;3-9,11-12H,10H2,1-2H3;. The third kappa shape index (κ3) is 13.7. The normalized spacial score (nSPS) is 11.5. The van der Waals surface area contributed by atoms with Crippen LogP contribution in [0.3, 0.4) is 0 Å². The predicted octanol–water partition coefficient (Wildman–Crippen LogP) is 16.3. The Balaban J connectivity index is 0.000000175. The molecule has 6 heteroatoms. The van der Waals surface area contributed by atoms with Crippen LogP contribution in [0.4, 0.5) is 0 Å². The molecule has 1 radical (unpaired) electrons. The second-order valence-electron chi connectivity index (χ2n) is 20.6. The predicted molar refractivity (Wildman–Crippen MR) is 285 cm³/mol. The van der Waals surface area contributed by atoms with Crippen molar-refractivity contribution in [1.82, 2.24) is 15.0 Å². The summed E-state index contributed by atoms with van der Waals surface area (Å²) in [7, 11) is -1.33. The average molecular weight is 1080 g/mol. The minimum atomic E-state index is -1.33. The Morgan fingerprint density at radius 1 is 0.522 bits per heavy atom. The van der Waals surface area contributed by atoms with E-state index >= 15 is 0 Å². The van der Waals surface area contributed by atoms with E-state index < -0.39 is 8.07 Å². The fourth-order valence-electron chi connectivity index (χ4n) is 8.64. The molecular weight excluding hydrogens is 1010 g/mol. The van der Waals surface area contributed by atoms with Gasteiger partial charge in [-0.15, -0.1) is 0 Å². The number of aromatic nitrogens is 3. The molecule has 9 rings (SSSR count). The van der Waals surface area contributed by atoms with E-state index in [-0.39, 0.29) is 25.5 Å². The molecule has 0 fully saturated rings. The Kier molecular flexibility index (Phi) is 17.2. The maximum absolute atomic E-state index is 6.40. The third-order valence-corrected chi connectivity index (χ3v) is 13.5. The Morgan fingerprint density at radius 2 is 1.04 bits per heavy atom. The fraction of sp³-hybridized carbons (Fsp3) is 0.262. The van der Waals surface area contributed by atoms with E-state index in [0.29, 0.717) is 11.8 Å². The fourth-order valence-corrected chi connectivity index (χ4v) is 10.2. The van der Waals surface area contributed by atoms with Crippen LogP contribution in [0.2, 0.25) is 19.6 Å². The van der Waals surface area contributed by atoms with Crippen LogP contribution in [-0.2, 0) is 39.4 Å². The summed E-state index contributed by atoms with van der Waals surface area (Å²) in [5.74, 6) is 1.36. The molecule has 0 amide bonds. The first-order valence-electron chi connectivity index (χ1n) is 23.6. The number of furan rings is 1. The van der Waals surface area contributed by atoms with Gasteiger partial charge in [0, 0.05) is 66.2 Å². The summed E-state index contributed by atoms with van der Waals surface area (Å²) < 4.78 is 6.40. The van der Waals surface area contributed by atoms with Gasteiger partial charge >= 0.3 is 0 Å². The molecular formula is C61H67IrN3OSi. The second-order valence-corrected chi connectivity index (χ2v) is 25.6. The van der Waals surface area contributed by atoms with Crippen molar-refractivity contribution >= 4 is 35.2 Å². The van der Waals surface area contributed by atoms with Crippen LogP contribution in [0, 0.1) is 17.3 Å². The van der Waals surface area contributed by atoms with E-state index in [1.165, 1.54) is 44.1 Å². The van der Waals surface area contributed by atoms with Crippen molar-refractivity contribution < 1.29 is 24.5 Å². The number of para-hydroxylation sites is 1. The summed E-state index contributed by atoms with van der Waals surface area (Å²) in [5.41, 5.74) is 15.1. The van der Waals surface area contributed by atoms with Crippen molar-refractivity contribution in [2.75, 3.05) is 0 Å². The van der Waals surface area contributed by atoms with Crippen LogP contribution in [0.5, 0.6) is 0 Å². The number of hydrogen-bond donors (Lipinski definition) is 0. The smallest absolute Gasteiger partial charge is 0.144 e. The number of hydrogen-bond acceptors (Lipinski definition) is 4. The van der Waals surface area contributed by atoms with E-state index in [2.05, 4.69) is 218 Å². The largest absolute Gasteiger partial charge is 0.455 e. The number of fused-ring (bicyclic) bond motifs is 3. The molecule has 0 saturated heterocycles. The first-order chi connectivity index (χ1) is 31.6. The third-order valence-electron chi connectivity index (χ3n) is 11.5. The van der Waals surface area contributed by atoms with Crippen molar-refractivity contribution in [2.24, 2.45) is 17.3 Å². The molecule has 0 saturated carbocycles. The van der Waals surface area contributed by atoms with Gasteiger partial charge in [-0.2, -0.15) is 0 Å². The van der Waals surface area contributed by atoms with E-state index in [4.69, 9.17) is 9.40 Å². The van der Waals surface area contributed by atoms with Gasteiger partial charge < -0.3 is 4.42 Å². The van der Waals surface area contributed by atoms with Crippen molar-refractivity contribution in [3.05, 3.63) is 193 Å². The molecule has 0 aliphatic heterocycles. The first-order valence-corrected chi connectivity index (χ1v) is 27.1. The molecule has 4 nitrogen and oxygen atoms in total. The summed E-state index contributed by atoms with van der Waals surface area (Å²) >= 11 is 0. The van der Waals surface area contributed by atoms with E-state index in [9.17, 15) is 0 Å². The van der Waals surface area contributed by atoms with Crippen LogP contribution in [0.25, 0.3) is 66.8 Å². The minimum Gasteiger partial charge on any atom is -0.455 e. The molecule has 0 aliphatic carbocycles. The second kappa shape index (κ2) is 22.8. The zero-order valence-electron chi connectivity index (χ0n) is 41.1. The van der Waals surface area contributed by atoms with Crippen LogP contribution in [-0.4, -0.2) is 23.0 Å². The van der Waals surface area contributed by atoms with Gasteiger partial charge in [-0.3, -0.25) is 15.0 Å². The average Bonchev–Trinajstić information content (AvgIpc) is 3.69. The van der Waals surface area contributed by atoms with Gasteiger partial charge in [0.15, 0.2) is 0 Å². The number of nitrogens with zero attached hydrogens (tertiary/aromatic N) is 3. The van der Waals surface area contributed by atoms with Crippen LogP contribution < -0.4 is 5.19 Å². The number of rotatable bonds is 10. The monoisotopic (exact) mass is 1080 g/mol. The van der Waals surface area contributed by atoms with Gasteiger partial charge in [0.1, 0.15) is 11.2 Å². The molecule has 9 aromatic rings. The van der Waals surface area contributed by atoms with Crippen LogP contribution in [0.15, 0.2) is 181 Å². The topological polar surface area (TPSA) is 51.8 Å². The zero-order chi connectivity index (χ0) is 46.8. The van der Waals surface area contributed by atoms with Crippen molar-refractivity contribution in [3.63, 3.8) is 0 Å². The molecule has 345 valence electrons. The number of benzene rings is 5. The van der Waals surface area contributed by atoms with E-state index in [0.717, 1.165) is 63.8 Å². The summed E-state index contributed by atoms with van der Waals surface area (Å²) in [6.45, 7) is 23.0. The molecule has 0 N–H and O–H groups in total. The van der Waals surface area contributed by atoms with Crippen molar-refractivity contribution in [3.8, 4) is 44.9 Å². The molecule has 0 atom stereocenters. The molecule has 5 aromatic carbocycles. The molecule has 4 aromatic heterocycles. The molecule has 67 heavy (non-hydrogen) atoms. The maximum atomic E-state index is 6.40. The molecule has 4 heterocycles. The Bertz CT molecular complexity index is 2970. The molecule has 0 unspecified atom stereocenters. The summed E-state index contributed by atoms with van der Waals surface area (Å²) in [6, 6.07) is 54.8. The zero-order valence-corrected chi connectivity index (χ0v) is 44.5. The molecule has 0 spiro atoms. The Hall–Kier alpha value is -5.78. The van der Waals surface area contributed by atoms with Crippen molar-refractivity contribution in [1.29, 1.82) is 0 Å². The SMILES string of the molecule is CC(C)(C)Cc1ccnc(-c2cccc3c2oc2cccc(-c4ccccc4)c23)c1.CC(C)Cc1cc(-c2ccccc2)ncc1[Si](C)(C)C.CC(C)Cc1ccnc(-c2ccccc2)c1.[Ir]. The number of pyridine rings is 3. The summed E-state index contributed by atoms with van der Waals surface area (Å²) in [6.07, 6.45) is 9.21. The van der Waals surface area contributed by atoms with E-state index in [1.54, 1.807) is 0 Å². The quantitative estimate of drug-likeness (QED) is 0.128. The van der Waals surface area contributed by atoms with Gasteiger partial charge in [0.2, 0.25) is 0 Å². The van der Waals surface area contributed by atoms with Gasteiger partial charge in [0.05, 0.1) is 25.2 Å². The van der Waals surface area contributed by atoms with Gasteiger partial charge in [0.25, 0.3) is 0 Å². The van der Waals surface area contributed by atoms with Crippen LogP contribution >= 0.6 is 0 Å². The maximum Gasteiger partial charge on any atom is 0.144 e. The molecule has 0 aliphatic rings. The summed E-state index contributed by atoms with van der Waals surface area (Å²) in [5, 5.41) is 3.79. The Morgan fingerprint density at radius 3 is 1.63 bits per heavy atom. The first kappa shape index (κ1) is 50.6. The van der Waals surface area contributed by atoms with Crippen LogP contribution in [0.1, 0.15) is 65.2 Å². The Labute approximate surface area is 414 Å². The van der Waals surface area contributed by atoms with Gasteiger partial charge in [-0.1, -0.05) is 183 Å². The summed E-state index contributed by atoms with van der Waals surface area (Å²) in [4.78, 5) is 13.8. The molecule has 0 bridgehead atoms. The van der Waals surface area contributed by atoms with Crippen molar-refractivity contribution in [2.45, 2.75) is 87.4 Å². The minimum absolute atomic E-state index is 0. The van der Waals surface area contributed by atoms with Gasteiger partial charge in [-0.05, 0) is 112 Å². The van der Waals surface area contributed by atoms with E-state index in [1.807, 2.05) is 36.7 Å².